The molecule has 3 N–H and O–H groups in total. The smallest absolute Gasteiger partial charge is 0.318 e. The molecule has 5 aliphatic rings. The SMILES string of the molecule is CC1C2C3(NC(=O)N4CCc5ccccc5[C@@H]4c4ccc(F)cc4)C4C(C)C1(N)C243. The van der Waals surface area contributed by atoms with Crippen LogP contribution in [0.25, 0.3) is 0 Å². The number of hydrogen-bond donors (Lipinski definition) is 2. The van der Waals surface area contributed by atoms with Crippen molar-refractivity contribution in [2.75, 3.05) is 6.54 Å². The number of benzene rings is 2. The van der Waals surface area contributed by atoms with Crippen LogP contribution in [0, 0.1) is 34.9 Å². The van der Waals surface area contributed by atoms with Gasteiger partial charge in [0.05, 0.1) is 11.6 Å². The summed E-state index contributed by atoms with van der Waals surface area (Å²) >= 11 is 0. The standard InChI is InChI=1S/C25H26FN3O/c1-13-20-23-21(14(2)24(13,23)27)25(20,23)28-22(30)29-12-11-15-5-3-4-6-18(15)19(29)16-7-9-17(26)10-8-16/h3-10,13-14,19-21H,11-12,27H2,1-2H3,(H,28,30)/t13?,14?,19-,20?,21?,23?,24?,25?/m0/s1. The van der Waals surface area contributed by atoms with E-state index >= 15 is 0 Å². The fourth-order valence-electron chi connectivity index (χ4n) is 8.69. The summed E-state index contributed by atoms with van der Waals surface area (Å²) in [6.45, 7) is 5.16. The van der Waals surface area contributed by atoms with E-state index in [0.717, 1.165) is 17.5 Å². The highest BCUT2D eigenvalue weighted by Crippen LogP contribution is 3.08. The van der Waals surface area contributed by atoms with Crippen molar-refractivity contribution in [1.29, 1.82) is 0 Å². The van der Waals surface area contributed by atoms with E-state index in [1.807, 2.05) is 17.0 Å². The fourth-order valence-corrected chi connectivity index (χ4v) is 8.69. The van der Waals surface area contributed by atoms with Crippen LogP contribution in [0.1, 0.15) is 36.6 Å². The van der Waals surface area contributed by atoms with Crippen molar-refractivity contribution in [2.24, 2.45) is 34.8 Å². The van der Waals surface area contributed by atoms with Gasteiger partial charge in [-0.1, -0.05) is 50.2 Å². The molecule has 4 unspecified atom stereocenters. The number of nitrogens with zero attached hydrogens (tertiary/aromatic N) is 1. The Bertz CT molecular complexity index is 1090. The van der Waals surface area contributed by atoms with Crippen LogP contribution >= 0.6 is 0 Å². The Morgan fingerprint density at radius 3 is 2.43 bits per heavy atom. The van der Waals surface area contributed by atoms with Gasteiger partial charge in [0.2, 0.25) is 0 Å². The lowest BCUT2D eigenvalue weighted by atomic mass is 9.41. The Kier molecular flexibility index (Phi) is 2.83. The molecular weight excluding hydrogens is 377 g/mol. The number of rotatable bonds is 2. The second-order valence-corrected chi connectivity index (χ2v) is 10.2. The van der Waals surface area contributed by atoms with Crippen LogP contribution in [0.15, 0.2) is 48.5 Å². The van der Waals surface area contributed by atoms with Crippen molar-refractivity contribution in [3.05, 3.63) is 71.0 Å². The summed E-state index contributed by atoms with van der Waals surface area (Å²) in [6, 6.07) is 14.7. The summed E-state index contributed by atoms with van der Waals surface area (Å²) in [5, 5.41) is 3.48. The fraction of sp³-hybridized carbons (Fsp3) is 0.480. The predicted molar refractivity (Wildman–Crippen MR) is 111 cm³/mol. The summed E-state index contributed by atoms with van der Waals surface area (Å²) in [6.07, 6.45) is 0.833. The van der Waals surface area contributed by atoms with Gasteiger partial charge in [0, 0.05) is 17.5 Å². The molecule has 4 aliphatic carbocycles. The zero-order chi connectivity index (χ0) is 20.6. The first-order chi connectivity index (χ1) is 14.4. The Labute approximate surface area is 175 Å². The first-order valence-electron chi connectivity index (χ1n) is 11.1. The highest BCUT2D eigenvalue weighted by Gasteiger charge is 3.17. The second kappa shape index (κ2) is 4.91. The summed E-state index contributed by atoms with van der Waals surface area (Å²) in [5.74, 6) is 1.81. The van der Waals surface area contributed by atoms with Crippen molar-refractivity contribution in [1.82, 2.24) is 10.2 Å². The minimum Gasteiger partial charge on any atom is -0.331 e. The van der Waals surface area contributed by atoms with Gasteiger partial charge in [0.25, 0.3) is 0 Å². The molecule has 2 amide bonds. The number of halogens is 1. The molecular formula is C25H26FN3O. The molecule has 5 atom stereocenters. The zero-order valence-corrected chi connectivity index (χ0v) is 17.2. The topological polar surface area (TPSA) is 58.4 Å². The molecule has 4 nitrogen and oxygen atoms in total. The van der Waals surface area contributed by atoms with Gasteiger partial charge in [0.1, 0.15) is 5.82 Å². The third-order valence-electron chi connectivity index (χ3n) is 9.75. The lowest BCUT2D eigenvalue weighted by Gasteiger charge is -2.66. The van der Waals surface area contributed by atoms with E-state index in [1.54, 1.807) is 12.1 Å². The van der Waals surface area contributed by atoms with E-state index < -0.39 is 0 Å². The summed E-state index contributed by atoms with van der Waals surface area (Å²) in [4.78, 5) is 15.6. The minimum absolute atomic E-state index is 0.00115. The number of nitrogens with two attached hydrogens (primary N) is 1. The number of amides is 2. The Hall–Kier alpha value is -2.40. The minimum atomic E-state index is -0.261. The normalized spacial score (nSPS) is 45.9. The molecule has 4 saturated carbocycles. The second-order valence-electron chi connectivity index (χ2n) is 10.2. The van der Waals surface area contributed by atoms with Gasteiger partial charge < -0.3 is 16.0 Å². The quantitative estimate of drug-likeness (QED) is 0.807. The van der Waals surface area contributed by atoms with Gasteiger partial charge in [-0.05, 0) is 58.9 Å². The molecule has 30 heavy (non-hydrogen) atoms. The summed E-state index contributed by atoms with van der Waals surface area (Å²) in [7, 11) is 0. The number of urea groups is 1. The Morgan fingerprint density at radius 2 is 1.77 bits per heavy atom. The summed E-state index contributed by atoms with van der Waals surface area (Å²) in [5.41, 5.74) is 10.1. The van der Waals surface area contributed by atoms with Crippen molar-refractivity contribution in [2.45, 2.75) is 37.4 Å². The molecule has 154 valence electrons. The number of fused-ring (bicyclic) bond motifs is 3. The molecule has 1 spiro atoms. The van der Waals surface area contributed by atoms with E-state index in [9.17, 15) is 9.18 Å². The number of hydrogen-bond acceptors (Lipinski definition) is 2. The highest BCUT2D eigenvalue weighted by molar-refractivity contribution is 5.83. The average Bonchev–Trinajstić information content (AvgIpc) is 3.55. The molecule has 0 bridgehead atoms. The Morgan fingerprint density at radius 1 is 1.10 bits per heavy atom. The first kappa shape index (κ1) is 17.3. The maximum atomic E-state index is 13.6. The maximum Gasteiger partial charge on any atom is 0.318 e. The third-order valence-corrected chi connectivity index (χ3v) is 9.75. The van der Waals surface area contributed by atoms with Crippen molar-refractivity contribution in [3.8, 4) is 0 Å². The van der Waals surface area contributed by atoms with Crippen molar-refractivity contribution < 1.29 is 9.18 Å². The monoisotopic (exact) mass is 403 g/mol. The van der Waals surface area contributed by atoms with E-state index in [2.05, 4.69) is 31.3 Å². The summed E-state index contributed by atoms with van der Waals surface area (Å²) < 4.78 is 13.6. The molecule has 2 aromatic carbocycles. The molecule has 2 aromatic rings. The van der Waals surface area contributed by atoms with Crippen LogP contribution in [0.5, 0.6) is 0 Å². The maximum absolute atomic E-state index is 13.6. The highest BCUT2D eigenvalue weighted by atomic mass is 19.1. The third kappa shape index (κ3) is 1.47. The largest absolute Gasteiger partial charge is 0.331 e. The van der Waals surface area contributed by atoms with Gasteiger partial charge in [0.15, 0.2) is 0 Å². The van der Waals surface area contributed by atoms with Crippen LogP contribution in [0.2, 0.25) is 0 Å². The molecule has 1 heterocycles. The molecule has 0 saturated heterocycles. The predicted octanol–water partition coefficient (Wildman–Crippen LogP) is 3.46. The van der Waals surface area contributed by atoms with Gasteiger partial charge in [-0.3, -0.25) is 0 Å². The molecule has 0 aromatic heterocycles. The van der Waals surface area contributed by atoms with E-state index in [-0.39, 0.29) is 34.4 Å². The van der Waals surface area contributed by atoms with E-state index in [4.69, 9.17) is 5.73 Å². The van der Waals surface area contributed by atoms with Gasteiger partial charge in [-0.15, -0.1) is 0 Å². The van der Waals surface area contributed by atoms with Crippen LogP contribution in [-0.2, 0) is 6.42 Å². The lowest BCUT2D eigenvalue weighted by Crippen LogP contribution is -2.76. The van der Waals surface area contributed by atoms with Crippen LogP contribution < -0.4 is 11.1 Å². The average molecular weight is 404 g/mol. The van der Waals surface area contributed by atoms with Crippen molar-refractivity contribution in [3.63, 3.8) is 0 Å². The van der Waals surface area contributed by atoms with Gasteiger partial charge in [-0.25, -0.2) is 9.18 Å². The first-order valence-corrected chi connectivity index (χ1v) is 11.1. The molecule has 5 heteroatoms. The van der Waals surface area contributed by atoms with E-state index in [1.165, 1.54) is 17.7 Å². The van der Waals surface area contributed by atoms with Gasteiger partial charge >= 0.3 is 6.03 Å². The molecule has 4 fully saturated rings. The number of carbonyl (C=O) groups is 1. The van der Waals surface area contributed by atoms with Gasteiger partial charge in [-0.2, -0.15) is 0 Å². The molecule has 7 rings (SSSR count). The van der Waals surface area contributed by atoms with Crippen molar-refractivity contribution >= 4 is 6.03 Å². The van der Waals surface area contributed by atoms with Crippen LogP contribution in [0.3, 0.4) is 0 Å². The van der Waals surface area contributed by atoms with Crippen LogP contribution in [0.4, 0.5) is 9.18 Å². The number of nitrogens with one attached hydrogen (secondary N) is 1. The zero-order valence-electron chi connectivity index (χ0n) is 17.2. The lowest BCUT2D eigenvalue weighted by molar-refractivity contribution is -0.141. The van der Waals surface area contributed by atoms with Crippen LogP contribution in [-0.4, -0.2) is 28.6 Å². The Balaban J connectivity index is 1.23. The molecule has 0 radical (unpaired) electrons. The van der Waals surface area contributed by atoms with E-state index in [0.29, 0.717) is 30.2 Å². The molecule has 1 aliphatic heterocycles. The number of carbonyl (C=O) groups excluding carboxylic acids is 1.